The normalized spacial score (nSPS) is 60.0. The third-order valence-electron chi connectivity index (χ3n) is 8.59. The van der Waals surface area contributed by atoms with E-state index in [-0.39, 0.29) is 17.6 Å². The monoisotopic (exact) mass is 292 g/mol. The SMILES string of the molecule is C[C@]12CCC3[C@@H](CC[C@@H]4C[C@@H](O)CC[C@]34C)C1CC[C@@H]2O. The highest BCUT2D eigenvalue weighted by atomic mass is 16.3. The van der Waals surface area contributed by atoms with Gasteiger partial charge in [0.25, 0.3) is 0 Å². The third kappa shape index (κ3) is 1.91. The first-order chi connectivity index (χ1) is 9.95. The van der Waals surface area contributed by atoms with Gasteiger partial charge in [-0.05, 0) is 92.3 Å². The minimum Gasteiger partial charge on any atom is -0.393 e. The van der Waals surface area contributed by atoms with E-state index in [1.807, 2.05) is 0 Å². The Bertz CT molecular complexity index is 422. The molecule has 2 heteroatoms. The van der Waals surface area contributed by atoms with E-state index in [0.717, 1.165) is 42.9 Å². The predicted molar refractivity (Wildman–Crippen MR) is 83.7 cm³/mol. The van der Waals surface area contributed by atoms with Crippen molar-refractivity contribution < 1.29 is 10.2 Å². The zero-order chi connectivity index (χ0) is 14.8. The maximum absolute atomic E-state index is 10.5. The first-order valence-corrected chi connectivity index (χ1v) is 9.31. The quantitative estimate of drug-likeness (QED) is 0.714. The first kappa shape index (κ1) is 14.5. The Kier molecular flexibility index (Phi) is 3.25. The molecule has 0 heterocycles. The lowest BCUT2D eigenvalue weighted by Crippen LogP contribution is -2.54. The fraction of sp³-hybridized carbons (Fsp3) is 1.00. The van der Waals surface area contributed by atoms with Crippen LogP contribution in [-0.4, -0.2) is 22.4 Å². The molecule has 120 valence electrons. The second-order valence-electron chi connectivity index (χ2n) is 9.22. The zero-order valence-corrected chi connectivity index (χ0v) is 13.7. The van der Waals surface area contributed by atoms with E-state index in [9.17, 15) is 10.2 Å². The summed E-state index contributed by atoms with van der Waals surface area (Å²) >= 11 is 0. The highest BCUT2D eigenvalue weighted by Gasteiger charge is 2.59. The van der Waals surface area contributed by atoms with Crippen LogP contribution in [0.5, 0.6) is 0 Å². The van der Waals surface area contributed by atoms with E-state index >= 15 is 0 Å². The summed E-state index contributed by atoms with van der Waals surface area (Å²) in [6, 6.07) is 0. The molecule has 0 spiro atoms. The summed E-state index contributed by atoms with van der Waals surface area (Å²) in [5.41, 5.74) is 0.676. The molecule has 0 bridgehead atoms. The van der Waals surface area contributed by atoms with E-state index < -0.39 is 0 Å². The van der Waals surface area contributed by atoms with E-state index in [1.165, 1.54) is 38.5 Å². The van der Waals surface area contributed by atoms with Crippen LogP contribution >= 0.6 is 0 Å². The van der Waals surface area contributed by atoms with E-state index in [0.29, 0.717) is 5.41 Å². The Morgan fingerprint density at radius 3 is 2.29 bits per heavy atom. The lowest BCUT2D eigenvalue weighted by atomic mass is 9.45. The van der Waals surface area contributed by atoms with Crippen LogP contribution in [0.2, 0.25) is 0 Å². The van der Waals surface area contributed by atoms with Crippen molar-refractivity contribution in [3.8, 4) is 0 Å². The summed E-state index contributed by atoms with van der Waals surface area (Å²) in [6.07, 6.45) is 10.7. The van der Waals surface area contributed by atoms with Gasteiger partial charge in [-0.3, -0.25) is 0 Å². The molecule has 0 saturated heterocycles. The minimum absolute atomic E-state index is 0.0400. The molecule has 0 amide bonds. The van der Waals surface area contributed by atoms with Gasteiger partial charge in [-0.1, -0.05) is 13.8 Å². The van der Waals surface area contributed by atoms with E-state index in [2.05, 4.69) is 13.8 Å². The van der Waals surface area contributed by atoms with Crippen LogP contribution in [0.1, 0.15) is 71.6 Å². The summed E-state index contributed by atoms with van der Waals surface area (Å²) < 4.78 is 0. The molecule has 4 fully saturated rings. The number of aliphatic hydroxyl groups is 2. The zero-order valence-electron chi connectivity index (χ0n) is 13.7. The van der Waals surface area contributed by atoms with E-state index in [4.69, 9.17) is 0 Å². The number of hydrogen-bond acceptors (Lipinski definition) is 2. The average Bonchev–Trinajstić information content (AvgIpc) is 2.76. The standard InChI is InChI=1S/C19H32O2/c1-18-9-7-13(20)11-12(18)3-4-14-15-5-6-17(21)19(15,2)10-8-16(14)18/h12-17,20-21H,3-11H2,1-2H3/t12-,13+,14+,15?,16?,17+,18+,19+/m1/s1. The smallest absolute Gasteiger partial charge is 0.0596 e. The fourth-order valence-electron chi connectivity index (χ4n) is 7.21. The molecule has 4 saturated carbocycles. The largest absolute Gasteiger partial charge is 0.393 e. The third-order valence-corrected chi connectivity index (χ3v) is 8.59. The van der Waals surface area contributed by atoms with Crippen LogP contribution in [0.15, 0.2) is 0 Å². The van der Waals surface area contributed by atoms with Gasteiger partial charge in [-0.15, -0.1) is 0 Å². The fourth-order valence-corrected chi connectivity index (χ4v) is 7.21. The van der Waals surface area contributed by atoms with Crippen molar-refractivity contribution in [1.82, 2.24) is 0 Å². The molecule has 4 aliphatic carbocycles. The van der Waals surface area contributed by atoms with Gasteiger partial charge in [-0.2, -0.15) is 0 Å². The Morgan fingerprint density at radius 1 is 0.762 bits per heavy atom. The Balaban J connectivity index is 1.62. The van der Waals surface area contributed by atoms with Gasteiger partial charge < -0.3 is 10.2 Å². The molecule has 0 radical (unpaired) electrons. The van der Waals surface area contributed by atoms with Crippen molar-refractivity contribution >= 4 is 0 Å². The molecule has 2 nitrogen and oxygen atoms in total. The predicted octanol–water partition coefficient (Wildman–Crippen LogP) is 3.75. The van der Waals surface area contributed by atoms with Crippen LogP contribution in [-0.2, 0) is 0 Å². The number of aliphatic hydroxyl groups excluding tert-OH is 2. The van der Waals surface area contributed by atoms with Crippen molar-refractivity contribution in [2.24, 2.45) is 34.5 Å². The Labute approximate surface area is 129 Å². The Hall–Kier alpha value is -0.0800. The highest BCUT2D eigenvalue weighted by molar-refractivity contribution is 5.09. The number of rotatable bonds is 0. The van der Waals surface area contributed by atoms with Crippen LogP contribution < -0.4 is 0 Å². The maximum Gasteiger partial charge on any atom is 0.0596 e. The van der Waals surface area contributed by atoms with Gasteiger partial charge >= 0.3 is 0 Å². The molecule has 2 unspecified atom stereocenters. The van der Waals surface area contributed by atoms with Crippen molar-refractivity contribution in [2.75, 3.05) is 0 Å². The van der Waals surface area contributed by atoms with Gasteiger partial charge in [-0.25, -0.2) is 0 Å². The van der Waals surface area contributed by atoms with Crippen molar-refractivity contribution in [3.63, 3.8) is 0 Å². The molecular weight excluding hydrogens is 260 g/mol. The lowest BCUT2D eigenvalue weighted by Gasteiger charge is -2.60. The second kappa shape index (κ2) is 4.71. The Morgan fingerprint density at radius 2 is 1.48 bits per heavy atom. The second-order valence-corrected chi connectivity index (χ2v) is 9.22. The van der Waals surface area contributed by atoms with Crippen LogP contribution in [0, 0.1) is 34.5 Å². The van der Waals surface area contributed by atoms with Crippen LogP contribution in [0.3, 0.4) is 0 Å². The van der Waals surface area contributed by atoms with E-state index in [1.54, 1.807) is 0 Å². The molecule has 2 N–H and O–H groups in total. The molecule has 0 aromatic carbocycles. The van der Waals surface area contributed by atoms with Gasteiger partial charge in [0.15, 0.2) is 0 Å². The van der Waals surface area contributed by atoms with Gasteiger partial charge in [0.2, 0.25) is 0 Å². The van der Waals surface area contributed by atoms with Crippen LogP contribution in [0.25, 0.3) is 0 Å². The van der Waals surface area contributed by atoms with Crippen molar-refractivity contribution in [2.45, 2.75) is 83.8 Å². The summed E-state index contributed by atoms with van der Waals surface area (Å²) in [5.74, 6) is 3.21. The van der Waals surface area contributed by atoms with Crippen molar-refractivity contribution in [3.05, 3.63) is 0 Å². The summed E-state index contributed by atoms with van der Waals surface area (Å²) in [7, 11) is 0. The van der Waals surface area contributed by atoms with Gasteiger partial charge in [0.05, 0.1) is 12.2 Å². The minimum atomic E-state index is -0.0536. The summed E-state index contributed by atoms with van der Waals surface area (Å²) in [6.45, 7) is 4.90. The molecule has 4 rings (SSSR count). The first-order valence-electron chi connectivity index (χ1n) is 9.31. The topological polar surface area (TPSA) is 40.5 Å². The van der Waals surface area contributed by atoms with Gasteiger partial charge in [0, 0.05) is 0 Å². The molecule has 0 aromatic heterocycles. The molecule has 0 aliphatic heterocycles. The summed E-state index contributed by atoms with van der Waals surface area (Å²) in [4.78, 5) is 0. The number of hydrogen-bond donors (Lipinski definition) is 2. The van der Waals surface area contributed by atoms with Gasteiger partial charge in [0.1, 0.15) is 0 Å². The highest BCUT2D eigenvalue weighted by Crippen LogP contribution is 2.66. The average molecular weight is 292 g/mol. The van der Waals surface area contributed by atoms with Crippen LogP contribution in [0.4, 0.5) is 0 Å². The molecular formula is C19H32O2. The summed E-state index contributed by atoms with van der Waals surface area (Å²) in [5, 5.41) is 20.5. The maximum atomic E-state index is 10.5. The lowest BCUT2D eigenvalue weighted by molar-refractivity contribution is -0.133. The molecule has 0 aromatic rings. The number of fused-ring (bicyclic) bond motifs is 5. The molecule has 4 aliphatic rings. The van der Waals surface area contributed by atoms with Crippen molar-refractivity contribution in [1.29, 1.82) is 0 Å². The molecule has 21 heavy (non-hydrogen) atoms. The molecule has 8 atom stereocenters.